The quantitative estimate of drug-likeness (QED) is 0.601. The summed E-state index contributed by atoms with van der Waals surface area (Å²) in [5, 5.41) is 12.2. The van der Waals surface area contributed by atoms with E-state index >= 15 is 0 Å². The van der Waals surface area contributed by atoms with Gasteiger partial charge >= 0.3 is 0 Å². The molecule has 0 amide bonds. The first-order valence-electron chi connectivity index (χ1n) is 6.45. The Labute approximate surface area is 104 Å². The van der Waals surface area contributed by atoms with Gasteiger partial charge in [-0.3, -0.25) is 0 Å². The van der Waals surface area contributed by atoms with Crippen LogP contribution >= 0.6 is 0 Å². The highest BCUT2D eigenvalue weighted by molar-refractivity contribution is 5.30. The third kappa shape index (κ3) is 4.46. The topological polar surface area (TPSA) is 58.3 Å². The third-order valence-electron chi connectivity index (χ3n) is 3.02. The van der Waals surface area contributed by atoms with Crippen molar-refractivity contribution in [2.75, 3.05) is 19.7 Å². The zero-order valence-corrected chi connectivity index (χ0v) is 10.7. The minimum atomic E-state index is 0.227. The largest absolute Gasteiger partial charge is 0.396 e. The number of aliphatic hydroxyl groups is 1. The van der Waals surface area contributed by atoms with Gasteiger partial charge in [-0.05, 0) is 36.9 Å². The van der Waals surface area contributed by atoms with E-state index in [1.54, 1.807) is 0 Å². The van der Waals surface area contributed by atoms with Crippen LogP contribution in [0.1, 0.15) is 36.9 Å². The molecule has 4 N–H and O–H groups in total. The van der Waals surface area contributed by atoms with Gasteiger partial charge in [0, 0.05) is 19.2 Å². The lowest BCUT2D eigenvalue weighted by atomic mass is 9.98. The minimum absolute atomic E-state index is 0.227. The zero-order valence-electron chi connectivity index (χ0n) is 10.7. The Balaban J connectivity index is 2.59. The molecule has 3 nitrogen and oxygen atoms in total. The summed E-state index contributed by atoms with van der Waals surface area (Å²) in [7, 11) is 0. The zero-order chi connectivity index (χ0) is 12.5. The van der Waals surface area contributed by atoms with Crippen molar-refractivity contribution in [1.29, 1.82) is 0 Å². The second kappa shape index (κ2) is 8.23. The second-order valence-corrected chi connectivity index (χ2v) is 4.23. The van der Waals surface area contributed by atoms with Gasteiger partial charge < -0.3 is 16.2 Å². The van der Waals surface area contributed by atoms with Gasteiger partial charge in [0.05, 0.1) is 0 Å². The number of benzene rings is 1. The maximum absolute atomic E-state index is 8.74. The van der Waals surface area contributed by atoms with Crippen molar-refractivity contribution in [3.63, 3.8) is 0 Å². The molecule has 0 saturated carbocycles. The molecule has 0 aliphatic rings. The Morgan fingerprint density at radius 3 is 2.71 bits per heavy atom. The van der Waals surface area contributed by atoms with Crippen LogP contribution in [-0.2, 0) is 6.42 Å². The van der Waals surface area contributed by atoms with Crippen molar-refractivity contribution < 1.29 is 5.11 Å². The fourth-order valence-electron chi connectivity index (χ4n) is 2.03. The number of hydrogen-bond acceptors (Lipinski definition) is 3. The van der Waals surface area contributed by atoms with E-state index in [4.69, 9.17) is 10.8 Å². The first-order valence-corrected chi connectivity index (χ1v) is 6.45. The molecule has 0 fully saturated rings. The van der Waals surface area contributed by atoms with Crippen molar-refractivity contribution in [1.82, 2.24) is 5.32 Å². The molecule has 0 spiro atoms. The van der Waals surface area contributed by atoms with Gasteiger partial charge in [0.25, 0.3) is 0 Å². The summed E-state index contributed by atoms with van der Waals surface area (Å²) in [5.41, 5.74) is 8.50. The van der Waals surface area contributed by atoms with Gasteiger partial charge in [0.1, 0.15) is 0 Å². The standard InChI is InChI=1S/C14H24N2O/c1-2-12-7-3-4-8-13(12)14(11-15)16-9-5-6-10-17/h3-4,7-8,14,16-17H,2,5-6,9-11,15H2,1H3. The number of nitrogens with two attached hydrogens (primary N) is 1. The molecule has 96 valence electrons. The van der Waals surface area contributed by atoms with Crippen LogP contribution in [0.5, 0.6) is 0 Å². The number of unbranched alkanes of at least 4 members (excludes halogenated alkanes) is 1. The van der Waals surface area contributed by atoms with Crippen molar-refractivity contribution in [2.45, 2.75) is 32.2 Å². The number of hydrogen-bond donors (Lipinski definition) is 3. The van der Waals surface area contributed by atoms with Crippen LogP contribution in [0.3, 0.4) is 0 Å². The van der Waals surface area contributed by atoms with Crippen LogP contribution in [-0.4, -0.2) is 24.8 Å². The summed E-state index contributed by atoms with van der Waals surface area (Å²) in [6, 6.07) is 8.67. The van der Waals surface area contributed by atoms with E-state index < -0.39 is 0 Å². The first kappa shape index (κ1) is 14.2. The van der Waals surface area contributed by atoms with Gasteiger partial charge in [-0.15, -0.1) is 0 Å². The van der Waals surface area contributed by atoms with Crippen LogP contribution in [0.2, 0.25) is 0 Å². The number of rotatable bonds is 8. The summed E-state index contributed by atoms with van der Waals surface area (Å²) < 4.78 is 0. The molecule has 0 bridgehead atoms. The summed E-state index contributed by atoms with van der Waals surface area (Å²) in [5.74, 6) is 0. The first-order chi connectivity index (χ1) is 8.33. The molecule has 3 heteroatoms. The maximum Gasteiger partial charge on any atom is 0.0447 e. The Kier molecular flexibility index (Phi) is 6.86. The Hall–Kier alpha value is -0.900. The van der Waals surface area contributed by atoms with Gasteiger partial charge in [0.15, 0.2) is 0 Å². The minimum Gasteiger partial charge on any atom is -0.396 e. The molecule has 1 atom stereocenters. The normalized spacial score (nSPS) is 12.6. The number of aliphatic hydroxyl groups excluding tert-OH is 1. The van der Waals surface area contributed by atoms with Gasteiger partial charge in [0.2, 0.25) is 0 Å². The molecular weight excluding hydrogens is 212 g/mol. The van der Waals surface area contributed by atoms with Crippen LogP contribution in [0.15, 0.2) is 24.3 Å². The van der Waals surface area contributed by atoms with Crippen LogP contribution in [0.4, 0.5) is 0 Å². The monoisotopic (exact) mass is 236 g/mol. The van der Waals surface area contributed by atoms with E-state index in [9.17, 15) is 0 Å². The van der Waals surface area contributed by atoms with Crippen LogP contribution in [0, 0.1) is 0 Å². The SMILES string of the molecule is CCc1ccccc1C(CN)NCCCCO. The molecule has 0 aliphatic heterocycles. The average molecular weight is 236 g/mol. The maximum atomic E-state index is 8.74. The highest BCUT2D eigenvalue weighted by atomic mass is 16.2. The average Bonchev–Trinajstić information content (AvgIpc) is 2.39. The van der Waals surface area contributed by atoms with Gasteiger partial charge in [-0.25, -0.2) is 0 Å². The Morgan fingerprint density at radius 2 is 2.06 bits per heavy atom. The van der Waals surface area contributed by atoms with Crippen molar-refractivity contribution >= 4 is 0 Å². The van der Waals surface area contributed by atoms with E-state index in [1.165, 1.54) is 11.1 Å². The molecule has 1 unspecified atom stereocenters. The van der Waals surface area contributed by atoms with Gasteiger partial charge in [-0.1, -0.05) is 31.2 Å². The lowest BCUT2D eigenvalue weighted by Gasteiger charge is -2.20. The molecule has 0 aromatic heterocycles. The van der Waals surface area contributed by atoms with Crippen molar-refractivity contribution in [2.24, 2.45) is 5.73 Å². The number of aryl methyl sites for hydroxylation is 1. The van der Waals surface area contributed by atoms with E-state index in [0.29, 0.717) is 6.54 Å². The highest BCUT2D eigenvalue weighted by Gasteiger charge is 2.11. The molecule has 0 aliphatic carbocycles. The molecule has 1 aromatic rings. The molecule has 0 heterocycles. The molecule has 0 saturated heterocycles. The summed E-state index contributed by atoms with van der Waals surface area (Å²) >= 11 is 0. The van der Waals surface area contributed by atoms with E-state index in [-0.39, 0.29) is 12.6 Å². The fraction of sp³-hybridized carbons (Fsp3) is 0.571. The predicted octanol–water partition coefficient (Wildman–Crippen LogP) is 1.61. The summed E-state index contributed by atoms with van der Waals surface area (Å²) in [6.07, 6.45) is 2.87. The van der Waals surface area contributed by atoms with E-state index in [1.807, 2.05) is 0 Å². The molecular formula is C14H24N2O. The van der Waals surface area contributed by atoms with Crippen molar-refractivity contribution in [3.05, 3.63) is 35.4 Å². The second-order valence-electron chi connectivity index (χ2n) is 4.23. The van der Waals surface area contributed by atoms with Crippen LogP contribution < -0.4 is 11.1 Å². The van der Waals surface area contributed by atoms with Gasteiger partial charge in [-0.2, -0.15) is 0 Å². The highest BCUT2D eigenvalue weighted by Crippen LogP contribution is 2.17. The lowest BCUT2D eigenvalue weighted by Crippen LogP contribution is -2.29. The fourth-order valence-corrected chi connectivity index (χ4v) is 2.03. The smallest absolute Gasteiger partial charge is 0.0447 e. The van der Waals surface area contributed by atoms with Crippen LogP contribution in [0.25, 0.3) is 0 Å². The van der Waals surface area contributed by atoms with E-state index in [2.05, 4.69) is 36.5 Å². The Bertz CT molecular complexity index is 315. The lowest BCUT2D eigenvalue weighted by molar-refractivity contribution is 0.282. The third-order valence-corrected chi connectivity index (χ3v) is 3.02. The Morgan fingerprint density at radius 1 is 1.29 bits per heavy atom. The molecule has 1 rings (SSSR count). The molecule has 0 radical (unpaired) electrons. The summed E-state index contributed by atoms with van der Waals surface area (Å²) in [6.45, 7) is 3.94. The molecule has 1 aromatic carbocycles. The number of nitrogens with one attached hydrogen (secondary N) is 1. The summed E-state index contributed by atoms with van der Waals surface area (Å²) in [4.78, 5) is 0. The molecule has 17 heavy (non-hydrogen) atoms. The predicted molar refractivity (Wildman–Crippen MR) is 71.9 cm³/mol. The van der Waals surface area contributed by atoms with Crippen molar-refractivity contribution in [3.8, 4) is 0 Å². The van der Waals surface area contributed by atoms with E-state index in [0.717, 1.165) is 25.8 Å².